The maximum absolute atomic E-state index is 7.67. The molecular weight excluding hydrogens is 629 g/mol. The Morgan fingerprint density at radius 1 is 0.660 bits per heavy atom. The second-order valence-electron chi connectivity index (χ2n) is 14.9. The van der Waals surface area contributed by atoms with Crippen molar-refractivity contribution in [3.8, 4) is 28.3 Å². The molecule has 0 amide bonds. The van der Waals surface area contributed by atoms with Crippen LogP contribution in [0.5, 0.6) is 5.75 Å². The van der Waals surface area contributed by atoms with E-state index in [9.17, 15) is 0 Å². The maximum Gasteiger partial charge on any atom is 0.319 e. The van der Waals surface area contributed by atoms with Crippen LogP contribution in [0, 0.1) is 0 Å². The monoisotopic (exact) mass is 674 g/mol. The van der Waals surface area contributed by atoms with E-state index >= 15 is 0 Å². The minimum absolute atomic E-state index is 0.107. The number of benzene rings is 5. The van der Waals surface area contributed by atoms with E-state index in [-0.39, 0.29) is 17.1 Å². The number of aromatic nitrogens is 1. The summed E-state index contributed by atoms with van der Waals surface area (Å²) in [5.74, 6) is 2.72. The largest absolute Gasteiger partial charge is 0.534 e. The molecule has 50 heavy (non-hydrogen) atoms. The molecule has 0 N–H and O–H groups in total. The first-order valence-corrected chi connectivity index (χ1v) is 20.1. The van der Waals surface area contributed by atoms with Gasteiger partial charge in [-0.3, -0.25) is 4.90 Å². The Bertz CT molecular complexity index is 1940. The average molecular weight is 675 g/mol. The predicted octanol–water partition coefficient (Wildman–Crippen LogP) is 10.2. The number of nitrogens with zero attached hydrogens (tertiary/aromatic N) is 2. The van der Waals surface area contributed by atoms with Crippen molar-refractivity contribution in [3.05, 3.63) is 157 Å². The van der Waals surface area contributed by atoms with Gasteiger partial charge in [-0.1, -0.05) is 154 Å². The normalized spacial score (nSPS) is 18.1. The summed E-state index contributed by atoms with van der Waals surface area (Å²) >= 11 is 0. The van der Waals surface area contributed by atoms with E-state index in [0.29, 0.717) is 0 Å². The minimum Gasteiger partial charge on any atom is -0.534 e. The zero-order valence-electron chi connectivity index (χ0n) is 29.4. The third-order valence-electron chi connectivity index (χ3n) is 10.8. The Hall–Kier alpha value is -4.71. The maximum atomic E-state index is 7.67. The van der Waals surface area contributed by atoms with E-state index in [1.54, 1.807) is 0 Å². The van der Waals surface area contributed by atoms with Crippen LogP contribution in [0.15, 0.2) is 144 Å². The Labute approximate surface area is 297 Å². The molecule has 2 aliphatic rings. The fourth-order valence-corrected chi connectivity index (χ4v) is 13.0. The van der Waals surface area contributed by atoms with Gasteiger partial charge in [0, 0.05) is 17.2 Å². The van der Waals surface area contributed by atoms with Gasteiger partial charge in [-0.2, -0.15) is 0 Å². The Morgan fingerprint density at radius 2 is 1.24 bits per heavy atom. The van der Waals surface area contributed by atoms with Gasteiger partial charge < -0.3 is 8.84 Å². The highest BCUT2D eigenvalue weighted by molar-refractivity contribution is 7.00. The van der Waals surface area contributed by atoms with Crippen LogP contribution < -0.4 is 14.8 Å². The van der Waals surface area contributed by atoms with Crippen LogP contribution in [-0.2, 0) is 6.42 Å². The minimum atomic E-state index is -2.78. The standard InChI is InChI=1S/C45H46N2O2Si/c1-45(2,3)50(35-23-12-6-13-24-35,36-25-14-7-15-26-36)49-41-31-17-27-37-38(41)28-16-29-39(37)47-32-18-30-40(47)44-46-42(33-19-8-4-9-20-33)43(48-44)34-21-10-5-11-22-34/h4-15,17,19-27,31,39-40H,16,18,28-30,32H2,1-3H3. The number of rotatable bonds is 8. The fourth-order valence-electron chi connectivity index (χ4n) is 8.53. The first-order valence-electron chi connectivity index (χ1n) is 18.2. The van der Waals surface area contributed by atoms with Gasteiger partial charge in [-0.15, -0.1) is 0 Å². The van der Waals surface area contributed by atoms with Gasteiger partial charge >= 0.3 is 8.32 Å². The van der Waals surface area contributed by atoms with Crippen molar-refractivity contribution in [2.24, 2.45) is 0 Å². The van der Waals surface area contributed by atoms with Gasteiger partial charge in [0.25, 0.3) is 0 Å². The van der Waals surface area contributed by atoms with E-state index in [4.69, 9.17) is 13.8 Å². The second-order valence-corrected chi connectivity index (χ2v) is 19.1. The number of hydrogen-bond donors (Lipinski definition) is 0. The second kappa shape index (κ2) is 13.5. The summed E-state index contributed by atoms with van der Waals surface area (Å²) in [6, 6.07) is 50.1. The molecular formula is C45H46N2O2Si. The lowest BCUT2D eigenvalue weighted by Gasteiger charge is -2.44. The van der Waals surface area contributed by atoms with Gasteiger partial charge in [0.2, 0.25) is 5.89 Å². The van der Waals surface area contributed by atoms with E-state index in [0.717, 1.165) is 72.9 Å². The van der Waals surface area contributed by atoms with Crippen LogP contribution in [0.3, 0.4) is 0 Å². The molecule has 0 radical (unpaired) electrons. The predicted molar refractivity (Wildman–Crippen MR) is 206 cm³/mol. The summed E-state index contributed by atoms with van der Waals surface area (Å²) in [6.45, 7) is 8.10. The van der Waals surface area contributed by atoms with E-state index in [1.165, 1.54) is 21.5 Å². The van der Waals surface area contributed by atoms with Gasteiger partial charge in [0.15, 0.2) is 5.76 Å². The van der Waals surface area contributed by atoms with Gasteiger partial charge in [-0.25, -0.2) is 4.98 Å². The number of hydrogen-bond acceptors (Lipinski definition) is 4. The third-order valence-corrected chi connectivity index (χ3v) is 15.8. The van der Waals surface area contributed by atoms with Crippen molar-refractivity contribution in [1.29, 1.82) is 0 Å². The number of likely N-dealkylation sites (tertiary alicyclic amines) is 1. The molecule has 1 saturated heterocycles. The van der Waals surface area contributed by atoms with Gasteiger partial charge in [0.05, 0.1) is 6.04 Å². The molecule has 0 spiro atoms. The lowest BCUT2D eigenvalue weighted by Crippen LogP contribution is -2.69. The Balaban J connectivity index is 1.19. The summed E-state index contributed by atoms with van der Waals surface area (Å²) in [7, 11) is -2.78. The summed E-state index contributed by atoms with van der Waals surface area (Å²) in [5, 5.41) is 2.50. The highest BCUT2D eigenvalue weighted by atomic mass is 28.4. The van der Waals surface area contributed by atoms with Crippen LogP contribution in [0.2, 0.25) is 5.04 Å². The van der Waals surface area contributed by atoms with Crippen LogP contribution in [0.1, 0.15) is 75.6 Å². The third kappa shape index (κ3) is 5.82. The van der Waals surface area contributed by atoms with Gasteiger partial charge in [0.1, 0.15) is 11.4 Å². The van der Waals surface area contributed by atoms with Crippen molar-refractivity contribution in [2.45, 2.75) is 70.0 Å². The lowest BCUT2D eigenvalue weighted by atomic mass is 9.86. The Morgan fingerprint density at radius 3 is 1.86 bits per heavy atom. The molecule has 5 heteroatoms. The summed E-state index contributed by atoms with van der Waals surface area (Å²) in [4.78, 5) is 7.95. The van der Waals surface area contributed by atoms with Crippen LogP contribution in [0.25, 0.3) is 22.6 Å². The molecule has 1 fully saturated rings. The lowest BCUT2D eigenvalue weighted by molar-refractivity contribution is 0.144. The van der Waals surface area contributed by atoms with E-state index < -0.39 is 8.32 Å². The molecule has 1 aromatic heterocycles. The van der Waals surface area contributed by atoms with Crippen molar-refractivity contribution >= 4 is 18.7 Å². The molecule has 8 rings (SSSR count). The van der Waals surface area contributed by atoms with Crippen LogP contribution in [-0.4, -0.2) is 24.7 Å². The Kier molecular flexibility index (Phi) is 8.80. The fraction of sp³-hybridized carbons (Fsp3) is 0.267. The summed E-state index contributed by atoms with van der Waals surface area (Å²) in [5.41, 5.74) is 5.83. The SMILES string of the molecule is CC(C)(C)[Si](Oc1cccc2c1CCCC2N1CCCC1c1nc(-c2ccccc2)c(-c2ccccc2)o1)(c1ccccc1)c1ccccc1. The summed E-state index contributed by atoms with van der Waals surface area (Å²) < 4.78 is 14.5. The molecule has 2 unspecified atom stereocenters. The number of fused-ring (bicyclic) bond motifs is 1. The highest BCUT2D eigenvalue weighted by Crippen LogP contribution is 2.48. The van der Waals surface area contributed by atoms with Gasteiger partial charge in [-0.05, 0) is 71.3 Å². The average Bonchev–Trinajstić information content (AvgIpc) is 3.83. The molecule has 1 aliphatic carbocycles. The zero-order valence-corrected chi connectivity index (χ0v) is 30.4. The molecule has 2 heterocycles. The molecule has 252 valence electrons. The van der Waals surface area contributed by atoms with E-state index in [2.05, 4.69) is 159 Å². The highest BCUT2D eigenvalue weighted by Gasteiger charge is 2.52. The molecule has 2 atom stereocenters. The van der Waals surface area contributed by atoms with Crippen molar-refractivity contribution in [2.75, 3.05) is 6.54 Å². The molecule has 4 nitrogen and oxygen atoms in total. The molecule has 5 aromatic carbocycles. The topological polar surface area (TPSA) is 38.5 Å². The van der Waals surface area contributed by atoms with Crippen molar-refractivity contribution in [3.63, 3.8) is 0 Å². The smallest absolute Gasteiger partial charge is 0.319 e. The molecule has 0 saturated carbocycles. The van der Waals surface area contributed by atoms with Crippen molar-refractivity contribution < 1.29 is 8.84 Å². The molecule has 6 aromatic rings. The van der Waals surface area contributed by atoms with Crippen LogP contribution >= 0.6 is 0 Å². The summed E-state index contributed by atoms with van der Waals surface area (Å²) in [6.07, 6.45) is 5.42. The first-order chi connectivity index (χ1) is 24.4. The first kappa shape index (κ1) is 32.5. The molecule has 0 bridgehead atoms. The van der Waals surface area contributed by atoms with E-state index in [1.807, 2.05) is 6.07 Å². The molecule has 1 aliphatic heterocycles. The number of oxazole rings is 1. The van der Waals surface area contributed by atoms with Crippen molar-refractivity contribution in [1.82, 2.24) is 9.88 Å². The quantitative estimate of drug-likeness (QED) is 0.151. The van der Waals surface area contributed by atoms with Crippen LogP contribution in [0.4, 0.5) is 0 Å². The zero-order chi connectivity index (χ0) is 34.1.